The first-order valence-electron chi connectivity index (χ1n) is 4.40. The molecule has 2 N–H and O–H groups in total. The highest BCUT2D eigenvalue weighted by Gasteiger charge is 2.54. The summed E-state index contributed by atoms with van der Waals surface area (Å²) in [7, 11) is 0. The van der Waals surface area contributed by atoms with Crippen LogP contribution in [0.3, 0.4) is 0 Å². The van der Waals surface area contributed by atoms with E-state index in [1.54, 1.807) is 0 Å². The normalized spacial score (nSPS) is 39.0. The maximum absolute atomic E-state index is 6.17. The summed E-state index contributed by atoms with van der Waals surface area (Å²) in [6.07, 6.45) is 2.53. The Bertz CT molecular complexity index is 172. The monoisotopic (exact) mass is 155 g/mol. The smallest absolute Gasteiger partial charge is 0.0559 e. The fourth-order valence-corrected chi connectivity index (χ4v) is 2.40. The molecule has 0 radical (unpaired) electrons. The Morgan fingerprint density at radius 3 is 2.09 bits per heavy atom. The Labute approximate surface area is 68.1 Å². The van der Waals surface area contributed by atoms with Crippen molar-refractivity contribution in [3.63, 3.8) is 0 Å². The summed E-state index contributed by atoms with van der Waals surface area (Å²) in [5.74, 6) is 0. The summed E-state index contributed by atoms with van der Waals surface area (Å²) >= 11 is 0. The average Bonchev–Trinajstić information content (AvgIpc) is 2.05. The van der Waals surface area contributed by atoms with E-state index in [0.717, 1.165) is 13.2 Å². The lowest BCUT2D eigenvalue weighted by Crippen LogP contribution is -2.55. The molecule has 2 fully saturated rings. The van der Waals surface area contributed by atoms with Crippen molar-refractivity contribution in [2.75, 3.05) is 13.2 Å². The van der Waals surface area contributed by atoms with Crippen LogP contribution >= 0.6 is 0 Å². The summed E-state index contributed by atoms with van der Waals surface area (Å²) < 4.78 is 5.24. The van der Waals surface area contributed by atoms with Gasteiger partial charge in [0.1, 0.15) is 0 Å². The quantitative estimate of drug-likeness (QED) is 0.569. The highest BCUT2D eigenvalue weighted by Crippen LogP contribution is 2.51. The Balaban J connectivity index is 2.17. The largest absolute Gasteiger partial charge is 0.380 e. The highest BCUT2D eigenvalue weighted by atomic mass is 16.5. The summed E-state index contributed by atoms with van der Waals surface area (Å²) in [4.78, 5) is 0. The van der Waals surface area contributed by atoms with Crippen LogP contribution in [0, 0.1) is 10.8 Å². The van der Waals surface area contributed by atoms with Crippen LogP contribution in [0.5, 0.6) is 0 Å². The van der Waals surface area contributed by atoms with Gasteiger partial charge in [-0.05, 0) is 18.3 Å². The zero-order valence-corrected chi connectivity index (χ0v) is 7.39. The second-order valence-corrected chi connectivity index (χ2v) is 4.82. The maximum Gasteiger partial charge on any atom is 0.0559 e. The van der Waals surface area contributed by atoms with E-state index in [9.17, 15) is 0 Å². The van der Waals surface area contributed by atoms with E-state index in [2.05, 4.69) is 13.8 Å². The molecule has 2 nitrogen and oxygen atoms in total. The van der Waals surface area contributed by atoms with Gasteiger partial charge in [0.05, 0.1) is 13.2 Å². The lowest BCUT2D eigenvalue weighted by molar-refractivity contribution is -0.122. The minimum absolute atomic E-state index is 0.337. The van der Waals surface area contributed by atoms with Crippen molar-refractivity contribution in [2.45, 2.75) is 32.7 Å². The van der Waals surface area contributed by atoms with E-state index in [1.807, 2.05) is 0 Å². The molecule has 1 aliphatic carbocycles. The molecule has 1 aliphatic heterocycles. The lowest BCUT2D eigenvalue weighted by atomic mass is 9.75. The summed E-state index contributed by atoms with van der Waals surface area (Å²) in [6.45, 7) is 6.34. The molecule has 1 spiro atoms. The number of nitrogens with two attached hydrogens (primary N) is 1. The molecule has 1 saturated heterocycles. The van der Waals surface area contributed by atoms with Gasteiger partial charge in [-0.2, -0.15) is 0 Å². The second kappa shape index (κ2) is 1.99. The van der Waals surface area contributed by atoms with Gasteiger partial charge in [0.15, 0.2) is 0 Å². The van der Waals surface area contributed by atoms with Crippen LogP contribution in [-0.2, 0) is 4.74 Å². The maximum atomic E-state index is 6.17. The van der Waals surface area contributed by atoms with Gasteiger partial charge in [-0.15, -0.1) is 0 Å². The fourth-order valence-electron chi connectivity index (χ4n) is 2.40. The van der Waals surface area contributed by atoms with Crippen molar-refractivity contribution in [1.29, 1.82) is 0 Å². The Hall–Kier alpha value is -0.0800. The van der Waals surface area contributed by atoms with Crippen LogP contribution in [0.25, 0.3) is 0 Å². The third-order valence-electron chi connectivity index (χ3n) is 3.55. The topological polar surface area (TPSA) is 35.2 Å². The minimum Gasteiger partial charge on any atom is -0.380 e. The summed E-state index contributed by atoms with van der Waals surface area (Å²) in [6, 6.07) is 0.351. The molecular weight excluding hydrogens is 138 g/mol. The predicted molar refractivity (Wildman–Crippen MR) is 44.2 cm³/mol. The molecule has 2 aliphatic rings. The van der Waals surface area contributed by atoms with Crippen LogP contribution < -0.4 is 5.73 Å². The Kier molecular flexibility index (Phi) is 1.37. The van der Waals surface area contributed by atoms with Crippen LogP contribution in [0.2, 0.25) is 0 Å². The molecule has 1 saturated carbocycles. The van der Waals surface area contributed by atoms with E-state index in [1.165, 1.54) is 12.8 Å². The van der Waals surface area contributed by atoms with E-state index in [4.69, 9.17) is 10.5 Å². The van der Waals surface area contributed by atoms with E-state index < -0.39 is 0 Å². The third-order valence-corrected chi connectivity index (χ3v) is 3.55. The van der Waals surface area contributed by atoms with Crippen LogP contribution in [0.15, 0.2) is 0 Å². The average molecular weight is 155 g/mol. The summed E-state index contributed by atoms with van der Waals surface area (Å²) in [5.41, 5.74) is 6.87. The lowest BCUT2D eigenvalue weighted by Gasteiger charge is -2.44. The molecule has 1 atom stereocenters. The van der Waals surface area contributed by atoms with E-state index in [-0.39, 0.29) is 0 Å². The number of ether oxygens (including phenoxy) is 1. The number of hydrogen-bond acceptors (Lipinski definition) is 2. The molecule has 2 rings (SSSR count). The fraction of sp³-hybridized carbons (Fsp3) is 1.00. The second-order valence-electron chi connectivity index (χ2n) is 4.82. The van der Waals surface area contributed by atoms with Gasteiger partial charge < -0.3 is 10.5 Å². The van der Waals surface area contributed by atoms with Crippen LogP contribution in [-0.4, -0.2) is 19.3 Å². The van der Waals surface area contributed by atoms with Gasteiger partial charge in [0.2, 0.25) is 0 Å². The molecular formula is C9H17NO. The molecule has 0 aromatic rings. The highest BCUT2D eigenvalue weighted by molar-refractivity contribution is 5.06. The molecule has 64 valence electrons. The molecule has 0 amide bonds. The molecule has 0 unspecified atom stereocenters. The zero-order chi connectivity index (χ0) is 8.11. The van der Waals surface area contributed by atoms with Crippen molar-refractivity contribution in [3.8, 4) is 0 Å². The zero-order valence-electron chi connectivity index (χ0n) is 7.39. The number of rotatable bonds is 0. The third kappa shape index (κ3) is 0.859. The Morgan fingerprint density at radius 2 is 1.91 bits per heavy atom. The first kappa shape index (κ1) is 7.56. The van der Waals surface area contributed by atoms with Crippen molar-refractivity contribution in [3.05, 3.63) is 0 Å². The SMILES string of the molecule is CC1(C)CCC2(COC2)[C@H]1N. The molecule has 0 bridgehead atoms. The van der Waals surface area contributed by atoms with E-state index >= 15 is 0 Å². The first-order chi connectivity index (χ1) is 5.07. The summed E-state index contributed by atoms with van der Waals surface area (Å²) in [5, 5.41) is 0. The Morgan fingerprint density at radius 1 is 1.27 bits per heavy atom. The molecule has 0 aromatic carbocycles. The van der Waals surface area contributed by atoms with Crippen molar-refractivity contribution in [1.82, 2.24) is 0 Å². The van der Waals surface area contributed by atoms with Crippen LogP contribution in [0.4, 0.5) is 0 Å². The number of hydrogen-bond donors (Lipinski definition) is 1. The van der Waals surface area contributed by atoms with Crippen molar-refractivity contribution < 1.29 is 4.74 Å². The van der Waals surface area contributed by atoms with Gasteiger partial charge in [-0.1, -0.05) is 13.8 Å². The van der Waals surface area contributed by atoms with Gasteiger partial charge in [-0.3, -0.25) is 0 Å². The van der Waals surface area contributed by atoms with Crippen molar-refractivity contribution >= 4 is 0 Å². The molecule has 11 heavy (non-hydrogen) atoms. The van der Waals surface area contributed by atoms with Gasteiger partial charge in [0.25, 0.3) is 0 Å². The van der Waals surface area contributed by atoms with Crippen molar-refractivity contribution in [2.24, 2.45) is 16.6 Å². The molecule has 1 heterocycles. The van der Waals surface area contributed by atoms with Gasteiger partial charge in [-0.25, -0.2) is 0 Å². The minimum atomic E-state index is 0.337. The van der Waals surface area contributed by atoms with E-state index in [0.29, 0.717) is 16.9 Å². The standard InChI is InChI=1S/C9H17NO/c1-8(2)3-4-9(7(8)10)5-11-6-9/h7H,3-6,10H2,1-2H3/t7-/m0/s1. The van der Waals surface area contributed by atoms with Crippen LogP contribution in [0.1, 0.15) is 26.7 Å². The predicted octanol–water partition coefficient (Wildman–Crippen LogP) is 1.15. The van der Waals surface area contributed by atoms with Gasteiger partial charge in [0, 0.05) is 11.5 Å². The first-order valence-corrected chi connectivity index (χ1v) is 4.40. The van der Waals surface area contributed by atoms with Gasteiger partial charge >= 0.3 is 0 Å². The molecule has 2 heteroatoms. The molecule has 0 aromatic heterocycles.